The Labute approximate surface area is 174 Å². The molecule has 0 bridgehead atoms. The van der Waals surface area contributed by atoms with Gasteiger partial charge in [-0.2, -0.15) is 0 Å². The highest BCUT2D eigenvalue weighted by Gasteiger charge is 2.19. The maximum atomic E-state index is 12.4. The van der Waals surface area contributed by atoms with Gasteiger partial charge in [-0.15, -0.1) is 0 Å². The van der Waals surface area contributed by atoms with Gasteiger partial charge < -0.3 is 14.6 Å². The summed E-state index contributed by atoms with van der Waals surface area (Å²) in [5.41, 5.74) is 6.16. The Morgan fingerprint density at radius 2 is 1.93 bits per heavy atom. The van der Waals surface area contributed by atoms with Crippen molar-refractivity contribution in [2.75, 3.05) is 21.2 Å². The van der Waals surface area contributed by atoms with Crippen molar-refractivity contribution in [3.8, 4) is 28.0 Å². The van der Waals surface area contributed by atoms with Crippen molar-refractivity contribution in [2.24, 2.45) is 0 Å². The smallest absolute Gasteiger partial charge is 0.254 e. The highest BCUT2D eigenvalue weighted by molar-refractivity contribution is 6.01. The van der Waals surface area contributed by atoms with Gasteiger partial charge >= 0.3 is 0 Å². The summed E-state index contributed by atoms with van der Waals surface area (Å²) in [6, 6.07) is 3.71. The number of rotatable bonds is 5. The Kier molecular flexibility index (Phi) is 5.18. The monoisotopic (exact) mass is 401 g/mol. The molecule has 30 heavy (non-hydrogen) atoms. The van der Waals surface area contributed by atoms with Gasteiger partial charge in [-0.3, -0.25) is 14.8 Å². The van der Waals surface area contributed by atoms with E-state index in [2.05, 4.69) is 26.9 Å². The third kappa shape index (κ3) is 3.28. The fourth-order valence-corrected chi connectivity index (χ4v) is 3.71. The van der Waals surface area contributed by atoms with Crippen LogP contribution >= 0.6 is 0 Å². The molecule has 7 heteroatoms. The number of hydrogen-bond donors (Lipinski definition) is 1. The molecule has 152 valence electrons. The highest BCUT2D eigenvalue weighted by Crippen LogP contribution is 2.38. The van der Waals surface area contributed by atoms with Crippen molar-refractivity contribution in [1.82, 2.24) is 24.8 Å². The molecule has 4 rings (SSSR count). The SMILES string of the molecule is CCc1c(-c2cncc(C(=O)N(C)C)c2)cnc2[nH]cc(-c3cnccc3OC)c12. The van der Waals surface area contributed by atoms with Crippen LogP contribution in [-0.4, -0.2) is 51.9 Å². The molecule has 1 N–H and O–H groups in total. The zero-order valence-corrected chi connectivity index (χ0v) is 17.4. The molecule has 0 aromatic carbocycles. The lowest BCUT2D eigenvalue weighted by Crippen LogP contribution is -2.21. The number of H-pyrrole nitrogens is 1. The standard InChI is InChI=1S/C23H23N5O2/c1-5-16-17(14-8-15(10-25-9-14)23(29)28(2)3)12-26-22-21(16)19(13-27-22)18-11-24-7-6-20(18)30-4/h6-13H,5H2,1-4H3,(H,26,27). The summed E-state index contributed by atoms with van der Waals surface area (Å²) in [5, 5.41) is 1.02. The number of carbonyl (C=O) groups excluding carboxylic acids is 1. The molecule has 0 saturated heterocycles. The van der Waals surface area contributed by atoms with E-state index >= 15 is 0 Å². The number of amides is 1. The fourth-order valence-electron chi connectivity index (χ4n) is 3.71. The topological polar surface area (TPSA) is 84.0 Å². The molecule has 0 aliphatic carbocycles. The lowest BCUT2D eigenvalue weighted by molar-refractivity contribution is 0.0827. The summed E-state index contributed by atoms with van der Waals surface area (Å²) >= 11 is 0. The van der Waals surface area contributed by atoms with Crippen LogP contribution in [0.1, 0.15) is 22.8 Å². The number of carbonyl (C=O) groups is 1. The minimum Gasteiger partial charge on any atom is -0.496 e. The van der Waals surface area contributed by atoms with Gasteiger partial charge in [0.05, 0.1) is 12.7 Å². The minimum atomic E-state index is -0.0844. The van der Waals surface area contributed by atoms with E-state index in [0.29, 0.717) is 5.56 Å². The maximum absolute atomic E-state index is 12.4. The average molecular weight is 401 g/mol. The van der Waals surface area contributed by atoms with Crippen molar-refractivity contribution >= 4 is 16.9 Å². The number of fused-ring (bicyclic) bond motifs is 1. The van der Waals surface area contributed by atoms with Gasteiger partial charge in [-0.05, 0) is 24.1 Å². The minimum absolute atomic E-state index is 0.0844. The van der Waals surface area contributed by atoms with Gasteiger partial charge in [0.15, 0.2) is 0 Å². The van der Waals surface area contributed by atoms with Gasteiger partial charge in [0.1, 0.15) is 11.4 Å². The summed E-state index contributed by atoms with van der Waals surface area (Å²) in [6.07, 6.45) is 11.4. The zero-order valence-electron chi connectivity index (χ0n) is 17.4. The summed E-state index contributed by atoms with van der Waals surface area (Å²) in [4.78, 5) is 30.4. The molecule has 4 heterocycles. The van der Waals surface area contributed by atoms with Gasteiger partial charge in [0.2, 0.25) is 0 Å². The van der Waals surface area contributed by atoms with Crippen molar-refractivity contribution in [3.63, 3.8) is 0 Å². The molecule has 1 amide bonds. The van der Waals surface area contributed by atoms with E-state index in [-0.39, 0.29) is 5.91 Å². The van der Waals surface area contributed by atoms with E-state index in [1.54, 1.807) is 50.9 Å². The first-order valence-electron chi connectivity index (χ1n) is 9.69. The number of nitrogens with one attached hydrogen (secondary N) is 1. The van der Waals surface area contributed by atoms with Crippen LogP contribution in [0.15, 0.2) is 49.3 Å². The Bertz CT molecular complexity index is 1230. The van der Waals surface area contributed by atoms with E-state index in [0.717, 1.165) is 51.0 Å². The van der Waals surface area contributed by atoms with Gasteiger partial charge in [-0.25, -0.2) is 4.98 Å². The molecule has 4 aromatic heterocycles. The highest BCUT2D eigenvalue weighted by atomic mass is 16.5. The summed E-state index contributed by atoms with van der Waals surface area (Å²) in [7, 11) is 5.11. The van der Waals surface area contributed by atoms with E-state index in [1.165, 1.54) is 0 Å². The number of aryl methyl sites for hydroxylation is 1. The first-order chi connectivity index (χ1) is 14.5. The van der Waals surface area contributed by atoms with Gasteiger partial charge in [0, 0.05) is 78.9 Å². The number of hydrogen-bond acceptors (Lipinski definition) is 5. The Hall–Kier alpha value is -3.74. The van der Waals surface area contributed by atoms with Crippen LogP contribution in [0.5, 0.6) is 5.75 Å². The number of methoxy groups -OCH3 is 1. The average Bonchev–Trinajstić information content (AvgIpc) is 3.22. The summed E-state index contributed by atoms with van der Waals surface area (Å²) < 4.78 is 5.54. The lowest BCUT2D eigenvalue weighted by atomic mass is 9.94. The number of aromatic amines is 1. The third-order valence-electron chi connectivity index (χ3n) is 5.16. The quantitative estimate of drug-likeness (QED) is 0.547. The predicted octanol–water partition coefficient (Wildman–Crippen LogP) is 3.96. The van der Waals surface area contributed by atoms with Crippen LogP contribution < -0.4 is 4.74 Å². The maximum Gasteiger partial charge on any atom is 0.254 e. The van der Waals surface area contributed by atoms with Crippen LogP contribution in [0, 0.1) is 0 Å². The molecule has 0 atom stereocenters. The van der Waals surface area contributed by atoms with E-state index < -0.39 is 0 Å². The van der Waals surface area contributed by atoms with Crippen molar-refractivity contribution < 1.29 is 9.53 Å². The third-order valence-corrected chi connectivity index (χ3v) is 5.16. The largest absolute Gasteiger partial charge is 0.496 e. The molecule has 4 aromatic rings. The fraction of sp³-hybridized carbons (Fsp3) is 0.217. The van der Waals surface area contributed by atoms with Crippen LogP contribution in [0.3, 0.4) is 0 Å². The van der Waals surface area contributed by atoms with E-state index in [1.807, 2.05) is 24.5 Å². The molecule has 0 saturated carbocycles. The number of ether oxygens (including phenoxy) is 1. The van der Waals surface area contributed by atoms with Gasteiger partial charge in [0.25, 0.3) is 5.91 Å². The first-order valence-corrected chi connectivity index (χ1v) is 9.69. The Morgan fingerprint density at radius 1 is 1.10 bits per heavy atom. The zero-order chi connectivity index (χ0) is 21.3. The van der Waals surface area contributed by atoms with Crippen molar-refractivity contribution in [2.45, 2.75) is 13.3 Å². The number of pyridine rings is 3. The van der Waals surface area contributed by atoms with Crippen molar-refractivity contribution in [3.05, 3.63) is 60.4 Å². The molecule has 7 nitrogen and oxygen atoms in total. The predicted molar refractivity (Wildman–Crippen MR) is 117 cm³/mol. The number of nitrogens with zero attached hydrogens (tertiary/aromatic N) is 4. The Balaban J connectivity index is 1.94. The van der Waals surface area contributed by atoms with Crippen molar-refractivity contribution in [1.29, 1.82) is 0 Å². The molecular formula is C23H23N5O2. The molecule has 0 unspecified atom stereocenters. The van der Waals surface area contributed by atoms with Crippen LogP contribution in [0.25, 0.3) is 33.3 Å². The lowest BCUT2D eigenvalue weighted by Gasteiger charge is -2.14. The number of aromatic nitrogens is 4. The second-order valence-corrected chi connectivity index (χ2v) is 7.17. The van der Waals surface area contributed by atoms with Gasteiger partial charge in [-0.1, -0.05) is 6.92 Å². The van der Waals surface area contributed by atoms with Crippen LogP contribution in [-0.2, 0) is 6.42 Å². The summed E-state index contributed by atoms with van der Waals surface area (Å²) in [5.74, 6) is 0.664. The normalized spacial score (nSPS) is 10.9. The molecule has 0 radical (unpaired) electrons. The van der Waals surface area contributed by atoms with E-state index in [9.17, 15) is 4.79 Å². The molecule has 0 fully saturated rings. The second kappa shape index (κ2) is 7.94. The molecular weight excluding hydrogens is 378 g/mol. The first kappa shape index (κ1) is 19.6. The van der Waals surface area contributed by atoms with E-state index in [4.69, 9.17) is 4.74 Å². The van der Waals surface area contributed by atoms with Crippen LogP contribution in [0.4, 0.5) is 0 Å². The molecule has 0 aliphatic heterocycles. The summed E-state index contributed by atoms with van der Waals surface area (Å²) in [6.45, 7) is 2.11. The Morgan fingerprint density at radius 3 is 2.67 bits per heavy atom. The molecule has 0 aliphatic rings. The van der Waals surface area contributed by atoms with Crippen LogP contribution in [0.2, 0.25) is 0 Å². The molecule has 0 spiro atoms. The second-order valence-electron chi connectivity index (χ2n) is 7.17.